The van der Waals surface area contributed by atoms with Crippen molar-refractivity contribution in [3.63, 3.8) is 0 Å². The maximum absolute atomic E-state index is 12.7. The lowest BCUT2D eigenvalue weighted by atomic mass is 10.1. The highest BCUT2D eigenvalue weighted by atomic mass is 16.5. The number of amides is 4. The van der Waals surface area contributed by atoms with Gasteiger partial charge in [0, 0.05) is 12.4 Å². The van der Waals surface area contributed by atoms with Gasteiger partial charge in [-0.1, -0.05) is 18.2 Å². The molecule has 4 amide bonds. The molecule has 160 valence electrons. The Morgan fingerprint density at radius 3 is 2.25 bits per heavy atom. The molecule has 0 saturated carbocycles. The number of carbonyl (C=O) groups excluding carboxylic acids is 4. The van der Waals surface area contributed by atoms with Crippen LogP contribution in [0.4, 0.5) is 0 Å². The average molecular weight is 430 g/mol. The molecule has 2 N–H and O–H groups in total. The van der Waals surface area contributed by atoms with Crippen LogP contribution >= 0.6 is 0 Å². The largest absolute Gasteiger partial charge is 0.496 e. The van der Waals surface area contributed by atoms with Gasteiger partial charge >= 0.3 is 0 Å². The molecular weight excluding hydrogens is 412 g/mol. The molecule has 0 fully saturated rings. The van der Waals surface area contributed by atoms with Crippen molar-refractivity contribution in [2.75, 3.05) is 7.11 Å². The van der Waals surface area contributed by atoms with E-state index in [0.29, 0.717) is 16.7 Å². The quantitative estimate of drug-likeness (QED) is 0.472. The third kappa shape index (κ3) is 3.91. The first-order valence-corrected chi connectivity index (χ1v) is 9.62. The zero-order valence-corrected chi connectivity index (χ0v) is 17.0. The molecular formula is C23H18N4O5. The van der Waals surface area contributed by atoms with Crippen molar-refractivity contribution in [2.45, 2.75) is 6.54 Å². The number of pyridine rings is 1. The fourth-order valence-corrected chi connectivity index (χ4v) is 3.35. The number of aromatic nitrogens is 1. The van der Waals surface area contributed by atoms with Crippen molar-refractivity contribution in [1.82, 2.24) is 20.7 Å². The third-order valence-corrected chi connectivity index (χ3v) is 4.94. The van der Waals surface area contributed by atoms with Gasteiger partial charge in [0.05, 0.1) is 35.9 Å². The predicted octanol–water partition coefficient (Wildman–Crippen LogP) is 1.96. The van der Waals surface area contributed by atoms with Gasteiger partial charge < -0.3 is 4.74 Å². The normalized spacial score (nSPS) is 12.3. The van der Waals surface area contributed by atoms with Crippen molar-refractivity contribution in [3.8, 4) is 5.75 Å². The lowest BCUT2D eigenvalue weighted by molar-refractivity contribution is 0.0642. The lowest BCUT2D eigenvalue weighted by Crippen LogP contribution is -2.41. The summed E-state index contributed by atoms with van der Waals surface area (Å²) < 4.78 is 5.24. The first-order valence-electron chi connectivity index (χ1n) is 9.62. The molecule has 0 unspecified atom stereocenters. The second-order valence-electron chi connectivity index (χ2n) is 6.93. The van der Waals surface area contributed by atoms with Crippen LogP contribution in [0.5, 0.6) is 5.75 Å². The van der Waals surface area contributed by atoms with Crippen LogP contribution < -0.4 is 15.6 Å². The van der Waals surface area contributed by atoms with Gasteiger partial charge in [0.25, 0.3) is 23.6 Å². The zero-order chi connectivity index (χ0) is 22.7. The molecule has 32 heavy (non-hydrogen) atoms. The monoisotopic (exact) mass is 430 g/mol. The number of ether oxygens (including phenoxy) is 1. The van der Waals surface area contributed by atoms with Gasteiger partial charge in [-0.2, -0.15) is 0 Å². The van der Waals surface area contributed by atoms with Gasteiger partial charge in [-0.3, -0.25) is 39.9 Å². The SMILES string of the molecule is COc1ccc(CN2C(=O)c3ccccc3C2=O)cc1C(=O)NNC(=O)c1cccnc1. The minimum Gasteiger partial charge on any atom is -0.496 e. The zero-order valence-electron chi connectivity index (χ0n) is 17.0. The highest BCUT2D eigenvalue weighted by Crippen LogP contribution is 2.26. The number of rotatable bonds is 5. The second-order valence-corrected chi connectivity index (χ2v) is 6.93. The highest BCUT2D eigenvalue weighted by Gasteiger charge is 2.35. The van der Waals surface area contributed by atoms with E-state index >= 15 is 0 Å². The summed E-state index contributed by atoms with van der Waals surface area (Å²) in [6.07, 6.45) is 2.89. The summed E-state index contributed by atoms with van der Waals surface area (Å²) in [6, 6.07) is 14.5. The van der Waals surface area contributed by atoms with Crippen molar-refractivity contribution >= 4 is 23.6 Å². The van der Waals surface area contributed by atoms with E-state index in [9.17, 15) is 19.2 Å². The first kappa shape index (κ1) is 20.7. The van der Waals surface area contributed by atoms with Crippen LogP contribution in [0.25, 0.3) is 0 Å². The Balaban J connectivity index is 1.50. The Labute approximate surface area is 183 Å². The van der Waals surface area contributed by atoms with Crippen LogP contribution in [-0.4, -0.2) is 40.6 Å². The van der Waals surface area contributed by atoms with Gasteiger partial charge in [0.1, 0.15) is 5.75 Å². The van der Waals surface area contributed by atoms with Crippen LogP contribution in [0, 0.1) is 0 Å². The van der Waals surface area contributed by atoms with Crippen molar-refractivity contribution in [1.29, 1.82) is 0 Å². The summed E-state index contributed by atoms with van der Waals surface area (Å²) >= 11 is 0. The van der Waals surface area contributed by atoms with E-state index in [0.717, 1.165) is 4.90 Å². The molecule has 1 aliphatic rings. The summed E-state index contributed by atoms with van der Waals surface area (Å²) in [5.41, 5.74) is 6.30. The van der Waals surface area contributed by atoms with Crippen LogP contribution in [0.15, 0.2) is 67.0 Å². The molecule has 4 rings (SSSR count). The summed E-state index contributed by atoms with van der Waals surface area (Å²) in [7, 11) is 1.41. The highest BCUT2D eigenvalue weighted by molar-refractivity contribution is 6.21. The number of hydrogen-bond donors (Lipinski definition) is 2. The maximum atomic E-state index is 12.7. The Morgan fingerprint density at radius 2 is 1.62 bits per heavy atom. The summed E-state index contributed by atoms with van der Waals surface area (Å²) in [5, 5.41) is 0. The molecule has 9 nitrogen and oxygen atoms in total. The first-order chi connectivity index (χ1) is 15.5. The number of carbonyl (C=O) groups is 4. The van der Waals surface area contributed by atoms with Gasteiger partial charge in [-0.15, -0.1) is 0 Å². The standard InChI is InChI=1S/C23H18N4O5/c1-32-19-9-8-14(13-27-22(30)16-6-2-3-7-17(16)23(27)31)11-18(19)21(29)26-25-20(28)15-5-4-10-24-12-15/h2-12H,13H2,1H3,(H,25,28)(H,26,29). The van der Waals surface area contributed by atoms with Crippen LogP contribution in [0.3, 0.4) is 0 Å². The summed E-state index contributed by atoms with van der Waals surface area (Å²) in [6.45, 7) is -0.0152. The number of imide groups is 1. The van der Waals surface area contributed by atoms with Gasteiger partial charge in [-0.05, 0) is 42.0 Å². The number of benzene rings is 2. The van der Waals surface area contributed by atoms with Gasteiger partial charge in [-0.25, -0.2) is 0 Å². The average Bonchev–Trinajstić information content (AvgIpc) is 3.07. The molecule has 0 saturated heterocycles. The smallest absolute Gasteiger partial charge is 0.273 e. The molecule has 0 atom stereocenters. The minimum atomic E-state index is -0.622. The predicted molar refractivity (Wildman–Crippen MR) is 113 cm³/mol. The molecule has 2 heterocycles. The Hall–Kier alpha value is -4.53. The fourth-order valence-electron chi connectivity index (χ4n) is 3.35. The molecule has 0 bridgehead atoms. The number of hydrogen-bond acceptors (Lipinski definition) is 6. The maximum Gasteiger partial charge on any atom is 0.273 e. The molecule has 3 aromatic rings. The van der Waals surface area contributed by atoms with Crippen LogP contribution in [0.1, 0.15) is 47.0 Å². The molecule has 0 spiro atoms. The van der Waals surface area contributed by atoms with E-state index in [1.165, 1.54) is 25.6 Å². The molecule has 1 aliphatic heterocycles. The number of methoxy groups -OCH3 is 1. The van der Waals surface area contributed by atoms with Crippen molar-refractivity contribution < 1.29 is 23.9 Å². The minimum absolute atomic E-state index is 0.0152. The van der Waals surface area contributed by atoms with E-state index in [1.807, 2.05) is 0 Å². The van der Waals surface area contributed by atoms with E-state index in [1.54, 1.807) is 48.5 Å². The number of nitrogens with one attached hydrogen (secondary N) is 2. The number of hydrazine groups is 1. The van der Waals surface area contributed by atoms with Crippen LogP contribution in [-0.2, 0) is 6.54 Å². The molecule has 1 aromatic heterocycles. The lowest BCUT2D eigenvalue weighted by Gasteiger charge is -2.16. The van der Waals surface area contributed by atoms with E-state index < -0.39 is 23.6 Å². The number of nitrogens with zero attached hydrogens (tertiary/aromatic N) is 2. The summed E-state index contributed by atoms with van der Waals surface area (Å²) in [5.74, 6) is -1.67. The molecule has 0 radical (unpaired) electrons. The topological polar surface area (TPSA) is 118 Å². The van der Waals surface area contributed by atoms with Crippen molar-refractivity contribution in [3.05, 3.63) is 94.8 Å². The number of fused-ring (bicyclic) bond motifs is 1. The van der Waals surface area contributed by atoms with Gasteiger partial charge in [0.2, 0.25) is 0 Å². The third-order valence-electron chi connectivity index (χ3n) is 4.94. The van der Waals surface area contributed by atoms with Gasteiger partial charge in [0.15, 0.2) is 0 Å². The van der Waals surface area contributed by atoms with E-state index in [-0.39, 0.29) is 23.4 Å². The molecule has 0 aliphatic carbocycles. The van der Waals surface area contributed by atoms with Crippen LogP contribution in [0.2, 0.25) is 0 Å². The summed E-state index contributed by atoms with van der Waals surface area (Å²) in [4.78, 5) is 55.0. The van der Waals surface area contributed by atoms with E-state index in [2.05, 4.69) is 15.8 Å². The Kier molecular flexibility index (Phi) is 5.63. The molecule has 2 aromatic carbocycles. The van der Waals surface area contributed by atoms with E-state index in [4.69, 9.17) is 4.74 Å². The van der Waals surface area contributed by atoms with Crippen molar-refractivity contribution in [2.24, 2.45) is 0 Å². The second kappa shape index (κ2) is 8.68. The molecule has 9 heteroatoms. The fraction of sp³-hybridized carbons (Fsp3) is 0.0870. The Bertz CT molecular complexity index is 1190. The Morgan fingerprint density at radius 1 is 0.938 bits per heavy atom.